The summed E-state index contributed by atoms with van der Waals surface area (Å²) >= 11 is 2.08. The van der Waals surface area contributed by atoms with Gasteiger partial charge in [0, 0.05) is 6.20 Å². The highest BCUT2D eigenvalue weighted by Crippen LogP contribution is 2.21. The molecule has 1 rings (SSSR count). The molecule has 0 aromatic carbocycles. The van der Waals surface area contributed by atoms with E-state index in [4.69, 9.17) is 10.8 Å². The summed E-state index contributed by atoms with van der Waals surface area (Å²) < 4.78 is 0.859. The second kappa shape index (κ2) is 4.22. The summed E-state index contributed by atoms with van der Waals surface area (Å²) in [5.41, 5.74) is 5.74. The van der Waals surface area contributed by atoms with Crippen LogP contribution in [0.25, 0.3) is 0 Å². The van der Waals surface area contributed by atoms with Crippen LogP contribution in [0.1, 0.15) is 18.9 Å². The third-order valence-corrected chi connectivity index (χ3v) is 2.54. The van der Waals surface area contributed by atoms with Crippen molar-refractivity contribution < 1.29 is 9.90 Å². The Kier molecular flexibility index (Phi) is 3.43. The van der Waals surface area contributed by atoms with Gasteiger partial charge in [0.15, 0.2) is 0 Å². The van der Waals surface area contributed by atoms with Crippen LogP contribution in [0, 0.1) is 3.70 Å². The Morgan fingerprint density at radius 2 is 2.36 bits per heavy atom. The van der Waals surface area contributed by atoms with Crippen LogP contribution in [0.3, 0.4) is 0 Å². The number of halogens is 1. The molecule has 0 radical (unpaired) electrons. The van der Waals surface area contributed by atoms with Crippen molar-refractivity contribution in [1.29, 1.82) is 0 Å². The van der Waals surface area contributed by atoms with Gasteiger partial charge in [0.05, 0.1) is 12.0 Å². The minimum atomic E-state index is -0.909. The fourth-order valence-corrected chi connectivity index (χ4v) is 1.45. The van der Waals surface area contributed by atoms with Crippen molar-refractivity contribution in [2.75, 3.05) is 0 Å². The summed E-state index contributed by atoms with van der Waals surface area (Å²) in [6, 6.07) is 3.61. The lowest BCUT2D eigenvalue weighted by Gasteiger charge is -2.22. The van der Waals surface area contributed by atoms with E-state index in [2.05, 4.69) is 27.6 Å². The van der Waals surface area contributed by atoms with E-state index in [-0.39, 0.29) is 6.42 Å². The Hall–Kier alpha value is -0.690. The van der Waals surface area contributed by atoms with Gasteiger partial charge in [-0.3, -0.25) is 4.79 Å². The molecule has 1 aromatic rings. The molecule has 0 fully saturated rings. The Morgan fingerprint density at radius 1 is 1.71 bits per heavy atom. The zero-order valence-corrected chi connectivity index (χ0v) is 9.85. The van der Waals surface area contributed by atoms with Crippen molar-refractivity contribution in [3.63, 3.8) is 0 Å². The predicted octanol–water partition coefficient (Wildman–Crippen LogP) is 1.33. The van der Waals surface area contributed by atoms with Crippen LogP contribution < -0.4 is 5.73 Å². The van der Waals surface area contributed by atoms with Crippen molar-refractivity contribution in [3.8, 4) is 0 Å². The van der Waals surface area contributed by atoms with E-state index in [0.717, 1.165) is 9.26 Å². The molecule has 0 spiro atoms. The first kappa shape index (κ1) is 11.4. The van der Waals surface area contributed by atoms with Crippen molar-refractivity contribution in [1.82, 2.24) is 4.98 Å². The zero-order valence-electron chi connectivity index (χ0n) is 7.70. The van der Waals surface area contributed by atoms with Gasteiger partial charge in [0.2, 0.25) is 0 Å². The molecule has 0 aliphatic carbocycles. The maximum absolute atomic E-state index is 10.6. The SMILES string of the molecule is C[C@@](N)(CC(=O)O)c1ccc(I)nc1. The fraction of sp³-hybridized carbons (Fsp3) is 0.333. The van der Waals surface area contributed by atoms with Crippen LogP contribution in [0.2, 0.25) is 0 Å². The standard InChI is InChI=1S/C9H11IN2O2/c1-9(11,4-8(13)14)6-2-3-7(10)12-5-6/h2-3,5H,4,11H2,1H3,(H,13,14)/t9-/m1/s1. The Bertz CT molecular complexity index is 335. The maximum atomic E-state index is 10.6. The largest absolute Gasteiger partial charge is 0.481 e. The van der Waals surface area contributed by atoms with Gasteiger partial charge in [0.1, 0.15) is 3.70 Å². The quantitative estimate of drug-likeness (QED) is 0.652. The minimum absolute atomic E-state index is 0.102. The first-order valence-corrected chi connectivity index (χ1v) is 5.12. The van der Waals surface area contributed by atoms with E-state index in [0.29, 0.717) is 0 Å². The van der Waals surface area contributed by atoms with Crippen LogP contribution in [0.15, 0.2) is 18.3 Å². The molecule has 5 heteroatoms. The minimum Gasteiger partial charge on any atom is -0.481 e. The molecule has 0 saturated carbocycles. The first-order valence-electron chi connectivity index (χ1n) is 4.04. The summed E-state index contributed by atoms with van der Waals surface area (Å²) in [5.74, 6) is -0.909. The van der Waals surface area contributed by atoms with E-state index >= 15 is 0 Å². The van der Waals surface area contributed by atoms with Crippen molar-refractivity contribution >= 4 is 28.6 Å². The number of carbonyl (C=O) groups is 1. The highest BCUT2D eigenvalue weighted by molar-refractivity contribution is 14.1. The fourth-order valence-electron chi connectivity index (χ4n) is 1.13. The zero-order chi connectivity index (χ0) is 10.8. The highest BCUT2D eigenvalue weighted by atomic mass is 127. The number of carboxylic acid groups (broad SMARTS) is 1. The Labute approximate surface area is 95.7 Å². The third-order valence-electron chi connectivity index (χ3n) is 1.91. The lowest BCUT2D eigenvalue weighted by molar-refractivity contribution is -0.138. The average molecular weight is 306 g/mol. The molecular weight excluding hydrogens is 295 g/mol. The van der Waals surface area contributed by atoms with Crippen molar-refractivity contribution in [2.45, 2.75) is 18.9 Å². The summed E-state index contributed by atoms with van der Waals surface area (Å²) in [5, 5.41) is 8.66. The van der Waals surface area contributed by atoms with Gasteiger partial charge >= 0.3 is 5.97 Å². The topological polar surface area (TPSA) is 76.2 Å². The molecule has 0 amide bonds. The molecule has 0 aliphatic heterocycles. The van der Waals surface area contributed by atoms with E-state index < -0.39 is 11.5 Å². The molecule has 0 bridgehead atoms. The normalized spacial score (nSPS) is 14.8. The molecule has 0 saturated heterocycles. The van der Waals surface area contributed by atoms with Crippen LogP contribution in [-0.2, 0) is 10.3 Å². The van der Waals surface area contributed by atoms with Gasteiger partial charge < -0.3 is 10.8 Å². The number of hydrogen-bond acceptors (Lipinski definition) is 3. The average Bonchev–Trinajstić information content (AvgIpc) is 2.02. The molecule has 3 N–H and O–H groups in total. The van der Waals surface area contributed by atoms with Crippen LogP contribution in [-0.4, -0.2) is 16.1 Å². The smallest absolute Gasteiger partial charge is 0.305 e. The molecule has 4 nitrogen and oxygen atoms in total. The summed E-state index contributed by atoms with van der Waals surface area (Å²) in [6.07, 6.45) is 1.51. The molecule has 14 heavy (non-hydrogen) atoms. The second-order valence-electron chi connectivity index (χ2n) is 3.36. The molecule has 0 aliphatic rings. The van der Waals surface area contributed by atoms with E-state index in [1.807, 2.05) is 6.07 Å². The lowest BCUT2D eigenvalue weighted by Crippen LogP contribution is -2.35. The third kappa shape index (κ3) is 2.91. The van der Waals surface area contributed by atoms with Crippen molar-refractivity contribution in [2.24, 2.45) is 5.73 Å². The number of nitrogens with two attached hydrogens (primary N) is 1. The second-order valence-corrected chi connectivity index (χ2v) is 4.46. The Morgan fingerprint density at radius 3 is 2.79 bits per heavy atom. The van der Waals surface area contributed by atoms with Gasteiger partial charge in [-0.25, -0.2) is 4.98 Å². The molecule has 0 unspecified atom stereocenters. The number of rotatable bonds is 3. The Balaban J connectivity index is 2.91. The van der Waals surface area contributed by atoms with Gasteiger partial charge in [-0.05, 0) is 41.1 Å². The molecule has 76 valence electrons. The molecular formula is C9H11IN2O2. The number of aliphatic carboxylic acids is 1. The number of hydrogen-bond donors (Lipinski definition) is 2. The first-order chi connectivity index (χ1) is 6.42. The summed E-state index contributed by atoms with van der Waals surface area (Å²) in [7, 11) is 0. The van der Waals surface area contributed by atoms with Gasteiger partial charge in [0.25, 0.3) is 0 Å². The van der Waals surface area contributed by atoms with Gasteiger partial charge in [-0.15, -0.1) is 0 Å². The summed E-state index contributed by atoms with van der Waals surface area (Å²) in [6.45, 7) is 1.69. The van der Waals surface area contributed by atoms with Crippen LogP contribution in [0.5, 0.6) is 0 Å². The van der Waals surface area contributed by atoms with Crippen LogP contribution >= 0.6 is 22.6 Å². The van der Waals surface area contributed by atoms with E-state index in [1.54, 1.807) is 19.2 Å². The molecule has 1 heterocycles. The molecule has 1 atom stereocenters. The predicted molar refractivity (Wildman–Crippen MR) is 60.7 cm³/mol. The highest BCUT2D eigenvalue weighted by Gasteiger charge is 2.24. The van der Waals surface area contributed by atoms with E-state index in [9.17, 15) is 4.79 Å². The maximum Gasteiger partial charge on any atom is 0.305 e. The van der Waals surface area contributed by atoms with E-state index in [1.165, 1.54) is 0 Å². The monoisotopic (exact) mass is 306 g/mol. The number of pyridine rings is 1. The van der Waals surface area contributed by atoms with Gasteiger partial charge in [-0.2, -0.15) is 0 Å². The van der Waals surface area contributed by atoms with Gasteiger partial charge in [-0.1, -0.05) is 6.07 Å². The lowest BCUT2D eigenvalue weighted by atomic mass is 9.91. The van der Waals surface area contributed by atoms with Crippen molar-refractivity contribution in [3.05, 3.63) is 27.6 Å². The number of carboxylic acids is 1. The summed E-state index contributed by atoms with van der Waals surface area (Å²) in [4.78, 5) is 14.6. The number of aromatic nitrogens is 1. The molecule has 1 aromatic heterocycles. The van der Waals surface area contributed by atoms with Crippen LogP contribution in [0.4, 0.5) is 0 Å². The number of nitrogens with zero attached hydrogens (tertiary/aromatic N) is 1.